The predicted molar refractivity (Wildman–Crippen MR) is 63.6 cm³/mol. The van der Waals surface area contributed by atoms with Crippen molar-refractivity contribution >= 4 is 49.1 Å². The van der Waals surface area contributed by atoms with Crippen LogP contribution in [-0.2, 0) is 4.79 Å². The Bertz CT molecular complexity index is 393. The number of hydrogen-bond acceptors (Lipinski definition) is 2. The fraction of sp³-hybridized carbons (Fsp3) is 0.222. The normalized spacial score (nSPS) is 15.1. The molecule has 0 spiro atoms. The van der Waals surface area contributed by atoms with Crippen molar-refractivity contribution in [3.8, 4) is 0 Å². The first kappa shape index (κ1) is 9.98. The van der Waals surface area contributed by atoms with Crippen molar-refractivity contribution in [2.45, 2.75) is 6.42 Å². The third-order valence-corrected chi connectivity index (χ3v) is 3.07. The molecule has 0 saturated carbocycles. The summed E-state index contributed by atoms with van der Waals surface area (Å²) in [6.07, 6.45) is 0.499. The van der Waals surface area contributed by atoms with Crippen LogP contribution in [0.3, 0.4) is 0 Å². The molecule has 1 aliphatic rings. The standard InChI is InChI=1S/C9H8Br2N2O/c10-5-3-6(11)9-7(4-5)13-8(14)1-2-12-9/h3-4,12H,1-2H2,(H,13,14). The summed E-state index contributed by atoms with van der Waals surface area (Å²) in [4.78, 5) is 11.3. The summed E-state index contributed by atoms with van der Waals surface area (Å²) >= 11 is 6.82. The number of fused-ring (bicyclic) bond motifs is 1. The lowest BCUT2D eigenvalue weighted by Gasteiger charge is -2.10. The average molecular weight is 320 g/mol. The van der Waals surface area contributed by atoms with Gasteiger partial charge in [0.2, 0.25) is 5.91 Å². The smallest absolute Gasteiger partial charge is 0.226 e. The molecule has 0 radical (unpaired) electrons. The zero-order chi connectivity index (χ0) is 10.1. The molecule has 1 aliphatic heterocycles. The van der Waals surface area contributed by atoms with Gasteiger partial charge in [-0.3, -0.25) is 4.79 Å². The van der Waals surface area contributed by atoms with Crippen LogP contribution in [0, 0.1) is 0 Å². The van der Waals surface area contributed by atoms with Crippen LogP contribution in [0.15, 0.2) is 21.1 Å². The van der Waals surface area contributed by atoms with E-state index in [1.807, 2.05) is 12.1 Å². The molecule has 74 valence electrons. The molecule has 2 N–H and O–H groups in total. The van der Waals surface area contributed by atoms with E-state index in [-0.39, 0.29) is 5.91 Å². The minimum atomic E-state index is 0.0428. The highest BCUT2D eigenvalue weighted by molar-refractivity contribution is 9.11. The van der Waals surface area contributed by atoms with Crippen molar-refractivity contribution in [1.29, 1.82) is 0 Å². The molecular formula is C9H8Br2N2O. The van der Waals surface area contributed by atoms with E-state index >= 15 is 0 Å². The highest BCUT2D eigenvalue weighted by Crippen LogP contribution is 2.35. The molecule has 0 aromatic heterocycles. The Morgan fingerprint density at radius 1 is 1.29 bits per heavy atom. The van der Waals surface area contributed by atoms with Crippen LogP contribution in [-0.4, -0.2) is 12.5 Å². The van der Waals surface area contributed by atoms with E-state index < -0.39 is 0 Å². The van der Waals surface area contributed by atoms with Crippen molar-refractivity contribution in [2.75, 3.05) is 17.2 Å². The van der Waals surface area contributed by atoms with Crippen molar-refractivity contribution < 1.29 is 4.79 Å². The lowest BCUT2D eigenvalue weighted by molar-refractivity contribution is -0.115. The molecule has 1 heterocycles. The highest BCUT2D eigenvalue weighted by Gasteiger charge is 2.14. The number of nitrogens with one attached hydrogen (secondary N) is 2. The van der Waals surface area contributed by atoms with Gasteiger partial charge < -0.3 is 10.6 Å². The Labute approximate surface area is 98.5 Å². The van der Waals surface area contributed by atoms with Crippen molar-refractivity contribution in [2.24, 2.45) is 0 Å². The number of halogens is 2. The molecule has 0 unspecified atom stereocenters. The first-order valence-corrected chi connectivity index (χ1v) is 5.78. The molecule has 1 aromatic carbocycles. The quantitative estimate of drug-likeness (QED) is 0.772. The van der Waals surface area contributed by atoms with E-state index in [0.29, 0.717) is 13.0 Å². The number of amides is 1. The van der Waals surface area contributed by atoms with E-state index in [4.69, 9.17) is 0 Å². The third kappa shape index (κ3) is 1.93. The zero-order valence-corrected chi connectivity index (χ0v) is 10.4. The Hall–Kier alpha value is -0.550. The van der Waals surface area contributed by atoms with Gasteiger partial charge in [-0.15, -0.1) is 0 Å². The van der Waals surface area contributed by atoms with E-state index in [0.717, 1.165) is 20.3 Å². The van der Waals surface area contributed by atoms with Gasteiger partial charge in [-0.05, 0) is 28.1 Å². The summed E-state index contributed by atoms with van der Waals surface area (Å²) in [5.41, 5.74) is 1.76. The largest absolute Gasteiger partial charge is 0.382 e. The first-order valence-electron chi connectivity index (χ1n) is 4.19. The van der Waals surface area contributed by atoms with Gasteiger partial charge in [0.15, 0.2) is 0 Å². The lowest BCUT2D eigenvalue weighted by Crippen LogP contribution is -2.10. The van der Waals surface area contributed by atoms with Crippen LogP contribution in [0.25, 0.3) is 0 Å². The van der Waals surface area contributed by atoms with Crippen LogP contribution < -0.4 is 10.6 Å². The molecule has 1 aromatic rings. The number of anilines is 2. The zero-order valence-electron chi connectivity index (χ0n) is 7.23. The molecule has 14 heavy (non-hydrogen) atoms. The van der Waals surface area contributed by atoms with Crippen LogP contribution in [0.5, 0.6) is 0 Å². The third-order valence-electron chi connectivity index (χ3n) is 1.98. The topological polar surface area (TPSA) is 41.1 Å². The van der Waals surface area contributed by atoms with Crippen LogP contribution in [0.1, 0.15) is 6.42 Å². The maximum absolute atomic E-state index is 11.3. The monoisotopic (exact) mass is 318 g/mol. The predicted octanol–water partition coefficient (Wildman–Crippen LogP) is 2.97. The summed E-state index contributed by atoms with van der Waals surface area (Å²) < 4.78 is 1.89. The fourth-order valence-corrected chi connectivity index (χ4v) is 2.73. The molecule has 5 heteroatoms. The van der Waals surface area contributed by atoms with Gasteiger partial charge in [0, 0.05) is 21.9 Å². The molecular weight excluding hydrogens is 312 g/mol. The lowest BCUT2D eigenvalue weighted by atomic mass is 10.2. The van der Waals surface area contributed by atoms with Gasteiger partial charge in [0.25, 0.3) is 0 Å². The van der Waals surface area contributed by atoms with Gasteiger partial charge >= 0.3 is 0 Å². The summed E-state index contributed by atoms with van der Waals surface area (Å²) in [7, 11) is 0. The number of carbonyl (C=O) groups excluding carboxylic acids is 1. The van der Waals surface area contributed by atoms with Gasteiger partial charge in [-0.1, -0.05) is 15.9 Å². The van der Waals surface area contributed by atoms with E-state index in [1.54, 1.807) is 0 Å². The van der Waals surface area contributed by atoms with Crippen LogP contribution >= 0.6 is 31.9 Å². The van der Waals surface area contributed by atoms with Gasteiger partial charge in [-0.25, -0.2) is 0 Å². The molecule has 0 bridgehead atoms. The molecule has 0 saturated heterocycles. The van der Waals surface area contributed by atoms with E-state index in [9.17, 15) is 4.79 Å². The van der Waals surface area contributed by atoms with Gasteiger partial charge in [-0.2, -0.15) is 0 Å². The molecule has 0 aliphatic carbocycles. The Morgan fingerprint density at radius 2 is 2.07 bits per heavy atom. The second-order valence-electron chi connectivity index (χ2n) is 3.04. The molecule has 3 nitrogen and oxygen atoms in total. The second-order valence-corrected chi connectivity index (χ2v) is 4.81. The maximum atomic E-state index is 11.3. The summed E-state index contributed by atoms with van der Waals surface area (Å²) in [6, 6.07) is 3.83. The van der Waals surface area contributed by atoms with Crippen molar-refractivity contribution in [1.82, 2.24) is 0 Å². The van der Waals surface area contributed by atoms with Gasteiger partial charge in [0.05, 0.1) is 11.4 Å². The SMILES string of the molecule is O=C1CCNc2c(Br)cc(Br)cc2N1. The Balaban J connectivity index is 2.50. The van der Waals surface area contributed by atoms with Crippen LogP contribution in [0.2, 0.25) is 0 Å². The number of carbonyl (C=O) groups is 1. The Kier molecular flexibility index (Phi) is 2.78. The highest BCUT2D eigenvalue weighted by atomic mass is 79.9. The molecule has 2 rings (SSSR count). The van der Waals surface area contributed by atoms with E-state index in [2.05, 4.69) is 42.5 Å². The van der Waals surface area contributed by atoms with Gasteiger partial charge in [0.1, 0.15) is 0 Å². The Morgan fingerprint density at radius 3 is 2.86 bits per heavy atom. The summed E-state index contributed by atoms with van der Waals surface area (Å²) in [5, 5.41) is 6.04. The number of rotatable bonds is 0. The fourth-order valence-electron chi connectivity index (χ4n) is 1.37. The summed E-state index contributed by atoms with van der Waals surface area (Å²) in [6.45, 7) is 0.666. The van der Waals surface area contributed by atoms with Crippen molar-refractivity contribution in [3.63, 3.8) is 0 Å². The van der Waals surface area contributed by atoms with Crippen LogP contribution in [0.4, 0.5) is 11.4 Å². The van der Waals surface area contributed by atoms with Crippen molar-refractivity contribution in [3.05, 3.63) is 21.1 Å². The summed E-state index contributed by atoms with van der Waals surface area (Å²) in [5.74, 6) is 0.0428. The first-order chi connectivity index (χ1) is 6.66. The molecule has 0 fully saturated rings. The maximum Gasteiger partial charge on any atom is 0.226 e. The minimum absolute atomic E-state index is 0.0428. The molecule has 1 amide bonds. The molecule has 0 atom stereocenters. The minimum Gasteiger partial charge on any atom is -0.382 e. The second kappa shape index (κ2) is 3.90. The number of hydrogen-bond donors (Lipinski definition) is 2. The van der Waals surface area contributed by atoms with E-state index in [1.165, 1.54) is 0 Å². The average Bonchev–Trinajstić information content (AvgIpc) is 2.25. The number of benzene rings is 1.